The molecule has 0 aliphatic rings. The Hall–Kier alpha value is -0.650. The van der Waals surface area contributed by atoms with E-state index in [1.165, 1.54) is 0 Å². The van der Waals surface area contributed by atoms with E-state index in [1.54, 1.807) is 0 Å². The molecule has 0 unspecified atom stereocenters. The van der Waals surface area contributed by atoms with Crippen LogP contribution in [0.25, 0.3) is 0 Å². The summed E-state index contributed by atoms with van der Waals surface area (Å²) in [5.74, 6) is 0. The molecule has 0 aromatic heterocycles. The van der Waals surface area contributed by atoms with E-state index in [2.05, 4.69) is 28.8 Å². The molecule has 15 heavy (non-hydrogen) atoms. The van der Waals surface area contributed by atoms with Crippen LogP contribution in [-0.4, -0.2) is 56.7 Å². The van der Waals surface area contributed by atoms with Crippen LogP contribution in [0.3, 0.4) is 0 Å². The van der Waals surface area contributed by atoms with Crippen LogP contribution in [0, 0.1) is 0 Å². The van der Waals surface area contributed by atoms with Crippen molar-refractivity contribution in [2.24, 2.45) is 5.73 Å². The first-order chi connectivity index (χ1) is 7.22. The minimum atomic E-state index is 0.457. The molecule has 3 N–H and O–H groups in total. The van der Waals surface area contributed by atoms with Crippen LogP contribution in [0.4, 0.5) is 0 Å². The second kappa shape index (κ2) is 9.89. The summed E-state index contributed by atoms with van der Waals surface area (Å²) in [6.07, 6.45) is 0. The Bertz CT molecular complexity index is 154. The molecule has 5 heteroatoms. The second-order valence-corrected chi connectivity index (χ2v) is 3.64. The van der Waals surface area contributed by atoms with E-state index in [4.69, 9.17) is 5.73 Å². The highest BCUT2D eigenvalue weighted by Crippen LogP contribution is 1.96. The summed E-state index contributed by atoms with van der Waals surface area (Å²) in [5.41, 5.74) is 5.37. The molecule has 0 atom stereocenters. The highest BCUT2D eigenvalue weighted by molar-refractivity contribution is 5.36. The number of nitrogens with two attached hydrogens (primary N) is 1. The lowest BCUT2D eigenvalue weighted by molar-refractivity contribution is -0.129. The monoisotopic (exact) mass is 217 g/mol. The summed E-state index contributed by atoms with van der Waals surface area (Å²) in [5, 5.41) is 3.23. The molecular formula is C10H23N3O2. The van der Waals surface area contributed by atoms with Crippen LogP contribution < -0.4 is 11.1 Å². The number of ether oxygens (including phenoxy) is 1. The second-order valence-electron chi connectivity index (χ2n) is 3.64. The van der Waals surface area contributed by atoms with Gasteiger partial charge in [-0.3, -0.25) is 9.69 Å². The first-order valence-corrected chi connectivity index (χ1v) is 5.42. The molecule has 0 radical (unpaired) electrons. The molecule has 0 saturated carbocycles. The third-order valence-corrected chi connectivity index (χ3v) is 2.19. The third kappa shape index (κ3) is 8.35. The van der Waals surface area contributed by atoms with Gasteiger partial charge >= 0.3 is 0 Å². The lowest BCUT2D eigenvalue weighted by Crippen LogP contribution is -2.39. The lowest BCUT2D eigenvalue weighted by atomic mass is 10.3. The normalized spacial score (nSPS) is 11.0. The average molecular weight is 217 g/mol. The van der Waals surface area contributed by atoms with Crippen molar-refractivity contribution >= 4 is 6.47 Å². The molecule has 0 rings (SSSR count). The highest BCUT2D eigenvalue weighted by atomic mass is 16.5. The molecule has 0 aliphatic heterocycles. The maximum Gasteiger partial charge on any atom is 0.293 e. The minimum absolute atomic E-state index is 0.457. The summed E-state index contributed by atoms with van der Waals surface area (Å²) in [7, 11) is 0. The molecule has 0 bridgehead atoms. The van der Waals surface area contributed by atoms with Gasteiger partial charge in [0.15, 0.2) is 0 Å². The molecule has 0 aromatic carbocycles. The van der Waals surface area contributed by atoms with Crippen LogP contribution in [0.15, 0.2) is 0 Å². The Balaban J connectivity index is 3.58. The number of carbonyl (C=O) groups is 1. The molecular weight excluding hydrogens is 194 g/mol. The molecule has 0 saturated heterocycles. The van der Waals surface area contributed by atoms with Crippen LogP contribution in [-0.2, 0) is 9.53 Å². The summed E-state index contributed by atoms with van der Waals surface area (Å²) in [4.78, 5) is 12.2. The topological polar surface area (TPSA) is 67.6 Å². The largest absolute Gasteiger partial charge is 0.467 e. The SMILES string of the molecule is CC(C)N(CCNCCN)CCOC=O. The Morgan fingerprint density at radius 3 is 2.67 bits per heavy atom. The van der Waals surface area contributed by atoms with Crippen molar-refractivity contribution in [2.45, 2.75) is 19.9 Å². The number of nitrogens with one attached hydrogen (secondary N) is 1. The first kappa shape index (κ1) is 14.3. The molecule has 0 fully saturated rings. The zero-order chi connectivity index (χ0) is 11.5. The minimum Gasteiger partial charge on any atom is -0.467 e. The average Bonchev–Trinajstić information content (AvgIpc) is 2.21. The van der Waals surface area contributed by atoms with E-state index in [0.717, 1.165) is 26.2 Å². The predicted octanol–water partition coefficient (Wildman–Crippen LogP) is -0.582. The summed E-state index contributed by atoms with van der Waals surface area (Å²) >= 11 is 0. The first-order valence-electron chi connectivity index (χ1n) is 5.42. The van der Waals surface area contributed by atoms with Crippen molar-refractivity contribution < 1.29 is 9.53 Å². The molecule has 0 amide bonds. The Kier molecular flexibility index (Phi) is 9.46. The number of carbonyl (C=O) groups excluding carboxylic acids is 1. The molecule has 90 valence electrons. The van der Waals surface area contributed by atoms with Gasteiger partial charge in [0.25, 0.3) is 6.47 Å². The predicted molar refractivity (Wildman–Crippen MR) is 60.6 cm³/mol. The van der Waals surface area contributed by atoms with Crippen molar-refractivity contribution in [3.05, 3.63) is 0 Å². The maximum absolute atomic E-state index is 9.99. The zero-order valence-electron chi connectivity index (χ0n) is 9.74. The van der Waals surface area contributed by atoms with Gasteiger partial charge in [0.1, 0.15) is 6.61 Å². The molecule has 0 aliphatic carbocycles. The molecule has 0 spiro atoms. The lowest BCUT2D eigenvalue weighted by Gasteiger charge is -2.25. The van der Waals surface area contributed by atoms with Crippen molar-refractivity contribution in [2.75, 3.05) is 39.3 Å². The number of hydrogen-bond acceptors (Lipinski definition) is 5. The maximum atomic E-state index is 9.99. The van der Waals surface area contributed by atoms with Crippen molar-refractivity contribution in [1.29, 1.82) is 0 Å². The van der Waals surface area contributed by atoms with Gasteiger partial charge in [-0.05, 0) is 13.8 Å². The van der Waals surface area contributed by atoms with Crippen LogP contribution >= 0.6 is 0 Å². The number of hydrogen-bond donors (Lipinski definition) is 2. The van der Waals surface area contributed by atoms with Gasteiger partial charge in [-0.25, -0.2) is 0 Å². The van der Waals surface area contributed by atoms with Gasteiger partial charge in [0, 0.05) is 38.8 Å². The summed E-state index contributed by atoms with van der Waals surface area (Å²) < 4.78 is 4.68. The van der Waals surface area contributed by atoms with Gasteiger partial charge in [-0.15, -0.1) is 0 Å². The Morgan fingerprint density at radius 1 is 1.40 bits per heavy atom. The van der Waals surface area contributed by atoms with Crippen molar-refractivity contribution in [3.8, 4) is 0 Å². The number of rotatable bonds is 10. The van der Waals surface area contributed by atoms with Gasteiger partial charge < -0.3 is 15.8 Å². The molecule has 5 nitrogen and oxygen atoms in total. The van der Waals surface area contributed by atoms with Gasteiger partial charge in [0.05, 0.1) is 0 Å². The molecule has 0 aromatic rings. The van der Waals surface area contributed by atoms with Crippen LogP contribution in [0.5, 0.6) is 0 Å². The Morgan fingerprint density at radius 2 is 2.13 bits per heavy atom. The van der Waals surface area contributed by atoms with Gasteiger partial charge in [-0.2, -0.15) is 0 Å². The smallest absolute Gasteiger partial charge is 0.293 e. The fourth-order valence-electron chi connectivity index (χ4n) is 1.30. The summed E-state index contributed by atoms with van der Waals surface area (Å²) in [6, 6.07) is 0.458. The van der Waals surface area contributed by atoms with E-state index >= 15 is 0 Å². The van der Waals surface area contributed by atoms with E-state index in [-0.39, 0.29) is 0 Å². The van der Waals surface area contributed by atoms with E-state index in [9.17, 15) is 4.79 Å². The van der Waals surface area contributed by atoms with E-state index in [1.807, 2.05) is 0 Å². The standard InChI is InChI=1S/C10H23N3O2/c1-10(2)13(7-8-15-9-14)6-5-12-4-3-11/h9-10,12H,3-8,11H2,1-2H3. The fourth-order valence-corrected chi connectivity index (χ4v) is 1.30. The molecule has 0 heterocycles. The highest BCUT2D eigenvalue weighted by Gasteiger charge is 2.08. The quantitative estimate of drug-likeness (QED) is 0.378. The van der Waals surface area contributed by atoms with Crippen molar-refractivity contribution in [1.82, 2.24) is 10.2 Å². The van der Waals surface area contributed by atoms with E-state index < -0.39 is 0 Å². The fraction of sp³-hybridized carbons (Fsp3) is 0.900. The summed E-state index contributed by atoms with van der Waals surface area (Å²) in [6.45, 7) is 9.35. The Labute approximate surface area is 91.9 Å². The van der Waals surface area contributed by atoms with Crippen molar-refractivity contribution in [3.63, 3.8) is 0 Å². The van der Waals surface area contributed by atoms with Crippen LogP contribution in [0.1, 0.15) is 13.8 Å². The van der Waals surface area contributed by atoms with Crippen LogP contribution in [0.2, 0.25) is 0 Å². The number of nitrogens with zero attached hydrogens (tertiary/aromatic N) is 1. The third-order valence-electron chi connectivity index (χ3n) is 2.19. The van der Waals surface area contributed by atoms with Gasteiger partial charge in [-0.1, -0.05) is 0 Å². The van der Waals surface area contributed by atoms with Gasteiger partial charge in [0.2, 0.25) is 0 Å². The van der Waals surface area contributed by atoms with E-state index in [0.29, 0.717) is 25.7 Å². The zero-order valence-corrected chi connectivity index (χ0v) is 9.74.